The van der Waals surface area contributed by atoms with Gasteiger partial charge in [0.1, 0.15) is 0 Å². The molecule has 2 aliphatic heterocycles. The molecule has 0 radical (unpaired) electrons. The third kappa shape index (κ3) is 2.00. The summed E-state index contributed by atoms with van der Waals surface area (Å²) in [5, 5.41) is 0. The summed E-state index contributed by atoms with van der Waals surface area (Å²) < 4.78 is 0. The smallest absolute Gasteiger partial charge is 0.0449 e. The van der Waals surface area contributed by atoms with Gasteiger partial charge in [0.25, 0.3) is 0 Å². The molecule has 0 atom stereocenters. The van der Waals surface area contributed by atoms with Gasteiger partial charge in [-0.25, -0.2) is 0 Å². The first-order chi connectivity index (χ1) is 8.43. The molecule has 1 aromatic carbocycles. The zero-order chi connectivity index (χ0) is 11.5. The van der Waals surface area contributed by atoms with Gasteiger partial charge in [-0.2, -0.15) is 0 Å². The maximum atomic E-state index is 2.16. The Bertz CT molecular complexity index is 556. The Morgan fingerprint density at radius 1 is 0.824 bits per heavy atom. The van der Waals surface area contributed by atoms with Crippen LogP contribution in [0.15, 0.2) is 84.9 Å². The highest BCUT2D eigenvalue weighted by Crippen LogP contribution is 2.23. The van der Waals surface area contributed by atoms with E-state index in [2.05, 4.69) is 71.9 Å². The van der Waals surface area contributed by atoms with E-state index in [-0.39, 0.29) is 0 Å². The maximum Gasteiger partial charge on any atom is 0.0449 e. The number of nitrogens with zero attached hydrogens (tertiary/aromatic N) is 1. The van der Waals surface area contributed by atoms with Crippen LogP contribution < -0.4 is 0 Å². The highest BCUT2D eigenvalue weighted by atomic mass is 15.1. The quantitative estimate of drug-likeness (QED) is 0.693. The summed E-state index contributed by atoms with van der Waals surface area (Å²) >= 11 is 0. The fourth-order valence-corrected chi connectivity index (χ4v) is 1.97. The number of hydrogen-bond donors (Lipinski definition) is 0. The molecule has 0 spiro atoms. The monoisotopic (exact) mass is 219 g/mol. The lowest BCUT2D eigenvalue weighted by atomic mass is 10.1. The molecule has 0 N–H and O–H groups in total. The zero-order valence-electron chi connectivity index (χ0n) is 9.45. The van der Waals surface area contributed by atoms with Crippen molar-refractivity contribution in [1.82, 2.24) is 4.90 Å². The van der Waals surface area contributed by atoms with Crippen LogP contribution >= 0.6 is 0 Å². The highest BCUT2D eigenvalue weighted by Gasteiger charge is 2.07. The van der Waals surface area contributed by atoms with Gasteiger partial charge >= 0.3 is 0 Å². The van der Waals surface area contributed by atoms with Crippen molar-refractivity contribution in [1.29, 1.82) is 0 Å². The third-order valence-electron chi connectivity index (χ3n) is 2.85. The van der Waals surface area contributed by atoms with Crippen LogP contribution in [0.5, 0.6) is 0 Å². The van der Waals surface area contributed by atoms with Crippen LogP contribution in [0.2, 0.25) is 0 Å². The number of allylic oxidation sites excluding steroid dienone is 7. The van der Waals surface area contributed by atoms with Crippen molar-refractivity contribution in [3.05, 3.63) is 90.4 Å². The molecule has 0 amide bonds. The van der Waals surface area contributed by atoms with Gasteiger partial charge in [0.2, 0.25) is 0 Å². The van der Waals surface area contributed by atoms with E-state index in [1.807, 2.05) is 12.1 Å². The Morgan fingerprint density at radius 2 is 1.71 bits per heavy atom. The second-order valence-corrected chi connectivity index (χ2v) is 4.01. The van der Waals surface area contributed by atoms with Crippen molar-refractivity contribution < 1.29 is 0 Å². The van der Waals surface area contributed by atoms with Crippen LogP contribution in [0.25, 0.3) is 5.57 Å². The summed E-state index contributed by atoms with van der Waals surface area (Å²) in [5.74, 6) is 0. The molecule has 82 valence electrons. The normalized spacial score (nSPS) is 17.3. The molecule has 2 aliphatic rings. The summed E-state index contributed by atoms with van der Waals surface area (Å²) in [6, 6.07) is 10.4. The second kappa shape index (κ2) is 4.30. The Kier molecular flexibility index (Phi) is 2.51. The summed E-state index contributed by atoms with van der Waals surface area (Å²) in [6.07, 6.45) is 16.8. The molecule has 0 unspecified atom stereocenters. The van der Waals surface area contributed by atoms with Crippen LogP contribution in [0.3, 0.4) is 0 Å². The van der Waals surface area contributed by atoms with E-state index in [1.165, 1.54) is 16.8 Å². The first kappa shape index (κ1) is 9.91. The molecule has 17 heavy (non-hydrogen) atoms. The molecule has 0 aliphatic carbocycles. The zero-order valence-corrected chi connectivity index (χ0v) is 9.45. The fraction of sp³-hybridized carbons (Fsp3) is 0. The molecule has 0 bridgehead atoms. The van der Waals surface area contributed by atoms with E-state index < -0.39 is 0 Å². The van der Waals surface area contributed by atoms with E-state index in [0.717, 1.165) is 0 Å². The summed E-state index contributed by atoms with van der Waals surface area (Å²) in [4.78, 5) is 2.14. The van der Waals surface area contributed by atoms with Gasteiger partial charge < -0.3 is 4.90 Å². The lowest BCUT2D eigenvalue weighted by Gasteiger charge is -2.19. The largest absolute Gasteiger partial charge is 0.323 e. The Balaban J connectivity index is 2.01. The molecule has 1 nitrogen and oxygen atoms in total. The SMILES string of the molecule is C1=CC(c2ccccc2)=CN2C=CC=CC2=C1. The number of benzene rings is 1. The highest BCUT2D eigenvalue weighted by molar-refractivity contribution is 5.75. The molecule has 0 saturated heterocycles. The van der Waals surface area contributed by atoms with Gasteiger partial charge in [0.15, 0.2) is 0 Å². The topological polar surface area (TPSA) is 3.24 Å². The Labute approximate surface area is 101 Å². The molecule has 1 heteroatoms. The van der Waals surface area contributed by atoms with Crippen molar-refractivity contribution in [2.45, 2.75) is 0 Å². The number of hydrogen-bond acceptors (Lipinski definition) is 1. The molecular weight excluding hydrogens is 206 g/mol. The van der Waals surface area contributed by atoms with E-state index in [9.17, 15) is 0 Å². The van der Waals surface area contributed by atoms with Crippen molar-refractivity contribution in [3.63, 3.8) is 0 Å². The molecule has 0 saturated carbocycles. The summed E-state index contributed by atoms with van der Waals surface area (Å²) in [6.45, 7) is 0. The van der Waals surface area contributed by atoms with Crippen LogP contribution in [0.4, 0.5) is 0 Å². The minimum atomic E-state index is 1.19. The predicted octanol–water partition coefficient (Wildman–Crippen LogP) is 3.87. The summed E-state index contributed by atoms with van der Waals surface area (Å²) in [7, 11) is 0. The lowest BCUT2D eigenvalue weighted by molar-refractivity contribution is 0.649. The van der Waals surface area contributed by atoms with Crippen molar-refractivity contribution in [2.24, 2.45) is 0 Å². The summed E-state index contributed by atoms with van der Waals surface area (Å²) in [5.41, 5.74) is 3.65. The van der Waals surface area contributed by atoms with Gasteiger partial charge in [-0.05, 0) is 29.4 Å². The first-order valence-corrected chi connectivity index (χ1v) is 5.72. The van der Waals surface area contributed by atoms with Crippen LogP contribution in [-0.4, -0.2) is 4.90 Å². The molecular formula is C16H13N. The van der Waals surface area contributed by atoms with Gasteiger partial charge in [0, 0.05) is 18.1 Å². The average Bonchev–Trinajstić information content (AvgIpc) is 2.62. The lowest BCUT2D eigenvalue weighted by Crippen LogP contribution is -2.09. The van der Waals surface area contributed by atoms with E-state index in [4.69, 9.17) is 0 Å². The van der Waals surface area contributed by atoms with E-state index in [1.54, 1.807) is 0 Å². The first-order valence-electron chi connectivity index (χ1n) is 5.72. The van der Waals surface area contributed by atoms with Crippen molar-refractivity contribution in [2.75, 3.05) is 0 Å². The standard InChI is InChI=1S/C16H13N/c1-2-7-14(8-3-1)15-9-6-11-16-10-4-5-12-17(16)13-15/h1-13H. The van der Waals surface area contributed by atoms with Gasteiger partial charge in [-0.15, -0.1) is 0 Å². The van der Waals surface area contributed by atoms with Crippen LogP contribution in [0.1, 0.15) is 5.56 Å². The van der Waals surface area contributed by atoms with Crippen molar-refractivity contribution in [3.8, 4) is 0 Å². The molecule has 0 aromatic heterocycles. The molecule has 2 heterocycles. The molecule has 0 fully saturated rings. The Morgan fingerprint density at radius 3 is 2.59 bits per heavy atom. The van der Waals surface area contributed by atoms with Gasteiger partial charge in [0.05, 0.1) is 0 Å². The molecule has 3 rings (SSSR count). The number of rotatable bonds is 1. The Hall–Kier alpha value is -2.28. The van der Waals surface area contributed by atoms with Crippen LogP contribution in [-0.2, 0) is 0 Å². The number of fused-ring (bicyclic) bond motifs is 1. The van der Waals surface area contributed by atoms with Gasteiger partial charge in [-0.3, -0.25) is 0 Å². The molecule has 1 aromatic rings. The maximum absolute atomic E-state index is 2.16. The average molecular weight is 219 g/mol. The minimum absolute atomic E-state index is 1.19. The van der Waals surface area contributed by atoms with Crippen molar-refractivity contribution >= 4 is 5.57 Å². The van der Waals surface area contributed by atoms with E-state index in [0.29, 0.717) is 0 Å². The fourth-order valence-electron chi connectivity index (χ4n) is 1.97. The van der Waals surface area contributed by atoms with Crippen LogP contribution in [0, 0.1) is 0 Å². The predicted molar refractivity (Wildman–Crippen MR) is 71.8 cm³/mol. The van der Waals surface area contributed by atoms with E-state index >= 15 is 0 Å². The third-order valence-corrected chi connectivity index (χ3v) is 2.85. The van der Waals surface area contributed by atoms with Gasteiger partial charge in [-0.1, -0.05) is 48.6 Å². The minimum Gasteiger partial charge on any atom is -0.323 e. The second-order valence-electron chi connectivity index (χ2n) is 4.01.